The normalized spacial score (nSPS) is 16.6. The van der Waals surface area contributed by atoms with E-state index >= 15 is 0 Å². The molecule has 0 radical (unpaired) electrons. The molecule has 4 rings (SSSR count). The molecule has 1 unspecified atom stereocenters. The van der Waals surface area contributed by atoms with Crippen molar-refractivity contribution >= 4 is 17.2 Å². The van der Waals surface area contributed by atoms with E-state index < -0.39 is 0 Å². The molecule has 0 aromatic carbocycles. The molecule has 4 heterocycles. The van der Waals surface area contributed by atoms with Gasteiger partial charge in [-0.05, 0) is 35.2 Å². The SMILES string of the molecule is O=C(c1cccs1)N1Cc2ccnn2C(COCc2ccncc2)C1. The average Bonchev–Trinajstić information content (AvgIpc) is 3.33. The van der Waals surface area contributed by atoms with Crippen LogP contribution < -0.4 is 0 Å². The van der Waals surface area contributed by atoms with Gasteiger partial charge in [0, 0.05) is 25.1 Å². The number of hydrogen-bond donors (Lipinski definition) is 0. The topological polar surface area (TPSA) is 60.2 Å². The highest BCUT2D eigenvalue weighted by Gasteiger charge is 2.29. The van der Waals surface area contributed by atoms with Crippen molar-refractivity contribution in [3.05, 3.63) is 70.4 Å². The van der Waals surface area contributed by atoms with Gasteiger partial charge in [-0.1, -0.05) is 6.07 Å². The molecule has 6 nitrogen and oxygen atoms in total. The highest BCUT2D eigenvalue weighted by Crippen LogP contribution is 2.23. The first-order valence-electron chi connectivity index (χ1n) is 8.13. The Hall–Kier alpha value is -2.51. The summed E-state index contributed by atoms with van der Waals surface area (Å²) >= 11 is 1.47. The molecule has 3 aromatic heterocycles. The zero-order valence-corrected chi connectivity index (χ0v) is 14.4. The Morgan fingerprint density at radius 3 is 2.92 bits per heavy atom. The number of aromatic nitrogens is 3. The number of pyridine rings is 1. The van der Waals surface area contributed by atoms with Crippen LogP contribution in [0.2, 0.25) is 0 Å². The van der Waals surface area contributed by atoms with E-state index in [9.17, 15) is 4.79 Å². The Morgan fingerprint density at radius 2 is 2.12 bits per heavy atom. The van der Waals surface area contributed by atoms with Crippen LogP contribution in [-0.4, -0.2) is 38.7 Å². The average molecular weight is 354 g/mol. The molecule has 0 spiro atoms. The minimum atomic E-state index is 0.0181. The van der Waals surface area contributed by atoms with Gasteiger partial charge in [-0.25, -0.2) is 0 Å². The molecule has 7 heteroatoms. The van der Waals surface area contributed by atoms with Crippen LogP contribution in [0.3, 0.4) is 0 Å². The second kappa shape index (κ2) is 7.16. The summed E-state index contributed by atoms with van der Waals surface area (Å²) in [6, 6.07) is 9.63. The lowest BCUT2D eigenvalue weighted by atomic mass is 10.2. The minimum absolute atomic E-state index is 0.0181. The van der Waals surface area contributed by atoms with Gasteiger partial charge < -0.3 is 9.64 Å². The lowest BCUT2D eigenvalue weighted by molar-refractivity contribution is 0.0450. The lowest BCUT2D eigenvalue weighted by Crippen LogP contribution is -2.42. The third-order valence-corrected chi connectivity index (χ3v) is 5.09. The number of carbonyl (C=O) groups is 1. The van der Waals surface area contributed by atoms with E-state index in [4.69, 9.17) is 4.74 Å². The van der Waals surface area contributed by atoms with E-state index in [0.717, 1.165) is 16.1 Å². The second-order valence-electron chi connectivity index (χ2n) is 5.95. The monoisotopic (exact) mass is 354 g/mol. The quantitative estimate of drug-likeness (QED) is 0.707. The van der Waals surface area contributed by atoms with Crippen LogP contribution in [0.5, 0.6) is 0 Å². The number of hydrogen-bond acceptors (Lipinski definition) is 5. The summed E-state index contributed by atoms with van der Waals surface area (Å²) in [6.07, 6.45) is 5.29. The van der Waals surface area contributed by atoms with E-state index in [1.807, 2.05) is 45.3 Å². The zero-order valence-electron chi connectivity index (χ0n) is 13.6. The van der Waals surface area contributed by atoms with Crippen LogP contribution in [0.25, 0.3) is 0 Å². The molecule has 0 bridgehead atoms. The summed E-state index contributed by atoms with van der Waals surface area (Å²) in [7, 11) is 0. The fourth-order valence-electron chi connectivity index (χ4n) is 3.01. The second-order valence-corrected chi connectivity index (χ2v) is 6.90. The lowest BCUT2D eigenvalue weighted by Gasteiger charge is -2.33. The molecular weight excluding hydrogens is 336 g/mol. The van der Waals surface area contributed by atoms with Crippen molar-refractivity contribution in [3.8, 4) is 0 Å². The minimum Gasteiger partial charge on any atom is -0.374 e. The van der Waals surface area contributed by atoms with Crippen molar-refractivity contribution in [3.63, 3.8) is 0 Å². The largest absolute Gasteiger partial charge is 0.374 e. The van der Waals surface area contributed by atoms with E-state index in [-0.39, 0.29) is 11.9 Å². The summed E-state index contributed by atoms with van der Waals surface area (Å²) in [6.45, 7) is 2.21. The molecule has 25 heavy (non-hydrogen) atoms. The van der Waals surface area contributed by atoms with Crippen molar-refractivity contribution in [1.29, 1.82) is 0 Å². The standard InChI is InChI=1S/C18H18N4O2S/c23-18(17-2-1-9-25-17)21-10-15-5-8-20-22(15)16(11-21)13-24-12-14-3-6-19-7-4-14/h1-9,16H,10-13H2. The van der Waals surface area contributed by atoms with Gasteiger partial charge in [0.15, 0.2) is 0 Å². The first kappa shape index (κ1) is 16.0. The van der Waals surface area contributed by atoms with Crippen LogP contribution in [0, 0.1) is 0 Å². The van der Waals surface area contributed by atoms with Gasteiger partial charge in [-0.3, -0.25) is 14.5 Å². The predicted molar refractivity (Wildman–Crippen MR) is 94.2 cm³/mol. The maximum atomic E-state index is 12.7. The van der Waals surface area contributed by atoms with Gasteiger partial charge >= 0.3 is 0 Å². The highest BCUT2D eigenvalue weighted by molar-refractivity contribution is 7.12. The van der Waals surface area contributed by atoms with Crippen LogP contribution in [0.15, 0.2) is 54.3 Å². The van der Waals surface area contributed by atoms with Gasteiger partial charge in [0.1, 0.15) is 0 Å². The van der Waals surface area contributed by atoms with Crippen molar-refractivity contribution in [2.24, 2.45) is 0 Å². The summed E-state index contributed by atoms with van der Waals surface area (Å²) in [4.78, 5) is 19.3. The molecular formula is C18H18N4O2S. The molecule has 0 saturated heterocycles. The molecule has 1 aliphatic heterocycles. The van der Waals surface area contributed by atoms with E-state index in [1.54, 1.807) is 18.6 Å². The van der Waals surface area contributed by atoms with Crippen molar-refractivity contribution in [2.75, 3.05) is 13.2 Å². The summed E-state index contributed by atoms with van der Waals surface area (Å²) < 4.78 is 7.86. The molecule has 3 aromatic rings. The maximum absolute atomic E-state index is 12.7. The van der Waals surface area contributed by atoms with Gasteiger partial charge in [-0.2, -0.15) is 5.10 Å². The Morgan fingerprint density at radius 1 is 1.24 bits per heavy atom. The molecule has 1 amide bonds. The van der Waals surface area contributed by atoms with Crippen LogP contribution >= 0.6 is 11.3 Å². The Labute approximate surface area is 149 Å². The molecule has 0 fully saturated rings. The number of amides is 1. The molecule has 0 saturated carbocycles. The number of fused-ring (bicyclic) bond motifs is 1. The van der Waals surface area contributed by atoms with E-state index in [0.29, 0.717) is 26.3 Å². The number of thiophene rings is 1. The van der Waals surface area contributed by atoms with Crippen molar-refractivity contribution in [2.45, 2.75) is 19.2 Å². The van der Waals surface area contributed by atoms with Gasteiger partial charge in [0.25, 0.3) is 5.91 Å². The Kier molecular flexibility index (Phi) is 4.58. The molecule has 128 valence electrons. The molecule has 1 atom stereocenters. The smallest absolute Gasteiger partial charge is 0.264 e. The van der Waals surface area contributed by atoms with Gasteiger partial charge in [-0.15, -0.1) is 11.3 Å². The van der Waals surface area contributed by atoms with Crippen LogP contribution in [0.1, 0.15) is 27.0 Å². The van der Waals surface area contributed by atoms with Gasteiger partial charge in [0.2, 0.25) is 0 Å². The maximum Gasteiger partial charge on any atom is 0.264 e. The number of rotatable bonds is 5. The fraction of sp³-hybridized carbons (Fsp3) is 0.278. The Balaban J connectivity index is 1.44. The predicted octanol–water partition coefficient (Wildman–Crippen LogP) is 2.75. The van der Waals surface area contributed by atoms with Crippen LogP contribution in [-0.2, 0) is 17.9 Å². The highest BCUT2D eigenvalue weighted by atomic mass is 32.1. The third kappa shape index (κ3) is 3.47. The first-order valence-corrected chi connectivity index (χ1v) is 9.01. The third-order valence-electron chi connectivity index (χ3n) is 4.23. The zero-order chi connectivity index (χ0) is 17.1. The van der Waals surface area contributed by atoms with E-state index in [2.05, 4.69) is 10.1 Å². The van der Waals surface area contributed by atoms with Crippen LogP contribution in [0.4, 0.5) is 0 Å². The molecule has 0 aliphatic carbocycles. The Bertz CT molecular complexity index is 832. The van der Waals surface area contributed by atoms with Crippen molar-refractivity contribution < 1.29 is 9.53 Å². The number of carbonyl (C=O) groups excluding carboxylic acids is 1. The summed E-state index contributed by atoms with van der Waals surface area (Å²) in [5.74, 6) is 0.0709. The molecule has 1 aliphatic rings. The molecule has 0 N–H and O–H groups in total. The number of ether oxygens (including phenoxy) is 1. The van der Waals surface area contributed by atoms with Gasteiger partial charge in [0.05, 0.1) is 36.4 Å². The fourth-order valence-corrected chi connectivity index (χ4v) is 3.70. The summed E-state index contributed by atoms with van der Waals surface area (Å²) in [5, 5.41) is 6.34. The van der Waals surface area contributed by atoms with Crippen molar-refractivity contribution in [1.82, 2.24) is 19.7 Å². The number of nitrogens with zero attached hydrogens (tertiary/aromatic N) is 4. The first-order chi connectivity index (χ1) is 12.3. The summed E-state index contributed by atoms with van der Waals surface area (Å²) in [5.41, 5.74) is 2.12. The van der Waals surface area contributed by atoms with E-state index in [1.165, 1.54) is 11.3 Å².